The van der Waals surface area contributed by atoms with Gasteiger partial charge < -0.3 is 39.9 Å². The normalized spacial score (nSPS) is 23.4. The second kappa shape index (κ2) is 32.1. The zero-order valence-electron chi connectivity index (χ0n) is 33.5. The number of carbonyl (C=O) groups is 2. The predicted octanol–water partition coefficient (Wildman–Crippen LogP) is 7.05. The summed E-state index contributed by atoms with van der Waals surface area (Å²) in [4.78, 5) is 35.5. The Kier molecular flexibility index (Phi) is 29.8. The number of phosphoric ester groups is 1. The first-order valence-corrected chi connectivity index (χ1v) is 22.3. The molecule has 1 aliphatic rings. The molecule has 1 fully saturated rings. The summed E-state index contributed by atoms with van der Waals surface area (Å²) in [5.74, 6) is -1.12. The van der Waals surface area contributed by atoms with Crippen LogP contribution >= 0.6 is 7.82 Å². The van der Waals surface area contributed by atoms with Gasteiger partial charge in [0, 0.05) is 12.8 Å². The number of esters is 2. The van der Waals surface area contributed by atoms with Crippen molar-refractivity contribution in [2.75, 3.05) is 13.2 Å². The van der Waals surface area contributed by atoms with E-state index >= 15 is 0 Å². The van der Waals surface area contributed by atoms with Gasteiger partial charge in [-0.3, -0.25) is 18.6 Å². The third-order valence-electron chi connectivity index (χ3n) is 9.50. The van der Waals surface area contributed by atoms with Crippen molar-refractivity contribution >= 4 is 19.8 Å². The summed E-state index contributed by atoms with van der Waals surface area (Å²) < 4.78 is 33.4. The molecule has 320 valence electrons. The summed E-state index contributed by atoms with van der Waals surface area (Å²) in [6.07, 6.45) is 20.7. The van der Waals surface area contributed by atoms with Crippen LogP contribution < -0.4 is 0 Å². The van der Waals surface area contributed by atoms with Gasteiger partial charge >= 0.3 is 19.8 Å². The van der Waals surface area contributed by atoms with Crippen LogP contribution in [-0.2, 0) is 32.7 Å². The molecule has 1 saturated carbocycles. The van der Waals surface area contributed by atoms with Gasteiger partial charge in [-0.15, -0.1) is 0 Å². The number of phosphoric acid groups is 1. The number of aliphatic hydroxyl groups excluding tert-OH is 5. The second-order valence-corrected chi connectivity index (χ2v) is 15.9. The molecule has 6 N–H and O–H groups in total. The van der Waals surface area contributed by atoms with Crippen molar-refractivity contribution in [3.05, 3.63) is 36.5 Å². The third-order valence-corrected chi connectivity index (χ3v) is 10.5. The molecule has 1 aliphatic carbocycles. The van der Waals surface area contributed by atoms with Crippen molar-refractivity contribution in [2.24, 2.45) is 0 Å². The van der Waals surface area contributed by atoms with Gasteiger partial charge in [0.2, 0.25) is 0 Å². The number of aliphatic hydroxyl groups is 5. The molecule has 6 unspecified atom stereocenters. The van der Waals surface area contributed by atoms with Gasteiger partial charge in [-0.25, -0.2) is 4.57 Å². The molecule has 0 heterocycles. The SMILES string of the molecule is CC/C=C\C/C=C\C/C=C\CCCCCCCC(=O)O[C@H](COC(=O)CCCCCCCCCCCCC)COP(=O)(O)OC1C(O)C(O)C(O)[C@@H](O)C1O. The van der Waals surface area contributed by atoms with Crippen LogP contribution in [0.25, 0.3) is 0 Å². The topological polar surface area (TPSA) is 210 Å². The van der Waals surface area contributed by atoms with Gasteiger partial charge in [0.15, 0.2) is 6.10 Å². The molecule has 0 aliphatic heterocycles. The van der Waals surface area contributed by atoms with E-state index in [0.29, 0.717) is 12.8 Å². The van der Waals surface area contributed by atoms with Crippen LogP contribution in [0.3, 0.4) is 0 Å². The standard InChI is InChI=1S/C41H73O13P/c1-3-5-7-9-11-13-15-16-17-18-20-22-24-26-28-30-35(43)53-33(31-51-34(42)29-27-25-23-21-19-14-12-10-8-6-4-2)32-52-55(49,50)54-41-39(47)37(45)36(44)38(46)40(41)48/h5,7,11,13,16-17,33,36-41,44-48H,3-4,6,8-10,12,14-15,18-32H2,1-2H3,(H,49,50)/b7-5-,13-11-,17-16-/t33-,36?,37-,38?,39?,40?,41?/m1/s1. The van der Waals surface area contributed by atoms with Gasteiger partial charge in [-0.2, -0.15) is 0 Å². The Balaban J connectivity index is 2.52. The quantitative estimate of drug-likeness (QED) is 0.0170. The number of hydrogen-bond donors (Lipinski definition) is 6. The van der Waals surface area contributed by atoms with Gasteiger partial charge in [0.25, 0.3) is 0 Å². The fraction of sp³-hybridized carbons (Fsp3) is 0.805. The Labute approximate surface area is 329 Å². The predicted molar refractivity (Wildman–Crippen MR) is 212 cm³/mol. The van der Waals surface area contributed by atoms with E-state index < -0.39 is 75.7 Å². The van der Waals surface area contributed by atoms with Gasteiger partial charge in [-0.1, -0.05) is 134 Å². The molecule has 0 radical (unpaired) electrons. The minimum absolute atomic E-state index is 0.0781. The van der Waals surface area contributed by atoms with Crippen molar-refractivity contribution in [2.45, 2.75) is 198 Å². The Morgan fingerprint density at radius 3 is 1.58 bits per heavy atom. The van der Waals surface area contributed by atoms with Crippen LogP contribution in [-0.4, -0.2) is 98.3 Å². The van der Waals surface area contributed by atoms with Gasteiger partial charge in [0.05, 0.1) is 6.61 Å². The highest BCUT2D eigenvalue weighted by atomic mass is 31.2. The summed E-state index contributed by atoms with van der Waals surface area (Å²) in [7, 11) is -5.11. The zero-order chi connectivity index (χ0) is 40.7. The van der Waals surface area contributed by atoms with E-state index in [0.717, 1.165) is 70.6 Å². The number of carbonyl (C=O) groups excluding carboxylic acids is 2. The molecule has 8 atom stereocenters. The van der Waals surface area contributed by atoms with E-state index in [1.807, 2.05) is 0 Å². The lowest BCUT2D eigenvalue weighted by molar-refractivity contribution is -0.220. The van der Waals surface area contributed by atoms with Gasteiger partial charge in [0.1, 0.15) is 43.2 Å². The zero-order valence-corrected chi connectivity index (χ0v) is 34.4. The number of ether oxygens (including phenoxy) is 2. The highest BCUT2D eigenvalue weighted by molar-refractivity contribution is 7.47. The molecule has 0 bridgehead atoms. The second-order valence-electron chi connectivity index (χ2n) is 14.5. The van der Waals surface area contributed by atoms with Crippen LogP contribution in [0, 0.1) is 0 Å². The number of unbranched alkanes of at least 4 members (excludes halogenated alkanes) is 15. The monoisotopic (exact) mass is 804 g/mol. The van der Waals surface area contributed by atoms with Crippen LogP contribution in [0.5, 0.6) is 0 Å². The molecule has 0 spiro atoms. The molecule has 55 heavy (non-hydrogen) atoms. The maximum atomic E-state index is 12.8. The Morgan fingerprint density at radius 2 is 1.04 bits per heavy atom. The van der Waals surface area contributed by atoms with E-state index in [-0.39, 0.29) is 12.8 Å². The maximum absolute atomic E-state index is 12.8. The van der Waals surface area contributed by atoms with Gasteiger partial charge in [-0.05, 0) is 44.9 Å². The lowest BCUT2D eigenvalue weighted by Crippen LogP contribution is -2.64. The average Bonchev–Trinajstić information content (AvgIpc) is 3.16. The highest BCUT2D eigenvalue weighted by Gasteiger charge is 2.51. The Bertz CT molecular complexity index is 1110. The molecule has 14 heteroatoms. The summed E-state index contributed by atoms with van der Waals surface area (Å²) in [6.45, 7) is 3.14. The first-order chi connectivity index (χ1) is 26.4. The first-order valence-electron chi connectivity index (χ1n) is 20.8. The summed E-state index contributed by atoms with van der Waals surface area (Å²) in [6, 6.07) is 0. The summed E-state index contributed by atoms with van der Waals surface area (Å²) in [5.41, 5.74) is 0. The lowest BCUT2D eigenvalue weighted by Gasteiger charge is -2.41. The molecule has 1 rings (SSSR count). The molecule has 0 aromatic rings. The number of allylic oxidation sites excluding steroid dienone is 6. The van der Waals surface area contributed by atoms with Crippen molar-refractivity contribution in [1.82, 2.24) is 0 Å². The largest absolute Gasteiger partial charge is 0.472 e. The Hall–Kier alpha value is -1.93. The van der Waals surface area contributed by atoms with E-state index in [2.05, 4.69) is 50.3 Å². The fourth-order valence-electron chi connectivity index (χ4n) is 6.12. The van der Waals surface area contributed by atoms with Crippen molar-refractivity contribution in [1.29, 1.82) is 0 Å². The third kappa shape index (κ3) is 25.1. The molecular weight excluding hydrogens is 731 g/mol. The molecule has 13 nitrogen and oxygen atoms in total. The van der Waals surface area contributed by atoms with Crippen LogP contribution in [0.4, 0.5) is 0 Å². The van der Waals surface area contributed by atoms with E-state index in [1.54, 1.807) is 0 Å². The summed E-state index contributed by atoms with van der Waals surface area (Å²) in [5, 5.41) is 50.0. The highest BCUT2D eigenvalue weighted by Crippen LogP contribution is 2.47. The maximum Gasteiger partial charge on any atom is 0.472 e. The molecule has 0 saturated heterocycles. The van der Waals surface area contributed by atoms with Crippen molar-refractivity contribution in [3.63, 3.8) is 0 Å². The molecule has 0 aromatic carbocycles. The average molecular weight is 805 g/mol. The Morgan fingerprint density at radius 1 is 0.582 bits per heavy atom. The lowest BCUT2D eigenvalue weighted by atomic mass is 9.85. The van der Waals surface area contributed by atoms with Crippen LogP contribution in [0.1, 0.15) is 155 Å². The van der Waals surface area contributed by atoms with E-state index in [4.69, 9.17) is 18.5 Å². The van der Waals surface area contributed by atoms with Crippen LogP contribution in [0.2, 0.25) is 0 Å². The fourth-order valence-corrected chi connectivity index (χ4v) is 7.10. The molecular formula is C41H73O13P. The van der Waals surface area contributed by atoms with Crippen molar-refractivity contribution < 1.29 is 63.1 Å². The number of rotatable bonds is 33. The summed E-state index contributed by atoms with van der Waals surface area (Å²) >= 11 is 0. The minimum atomic E-state index is -5.11. The molecule has 0 aromatic heterocycles. The van der Waals surface area contributed by atoms with E-state index in [1.165, 1.54) is 44.9 Å². The minimum Gasteiger partial charge on any atom is -0.462 e. The van der Waals surface area contributed by atoms with Crippen molar-refractivity contribution in [3.8, 4) is 0 Å². The smallest absolute Gasteiger partial charge is 0.462 e. The first kappa shape index (κ1) is 51.1. The number of hydrogen-bond acceptors (Lipinski definition) is 12. The molecule has 0 amide bonds. The van der Waals surface area contributed by atoms with Crippen LogP contribution in [0.15, 0.2) is 36.5 Å². The van der Waals surface area contributed by atoms with E-state index in [9.17, 15) is 44.6 Å².